The van der Waals surface area contributed by atoms with Gasteiger partial charge < -0.3 is 14.7 Å². The molecular formula is C24H22N2O3. The third-order valence-electron chi connectivity index (χ3n) is 5.66. The van der Waals surface area contributed by atoms with Crippen molar-refractivity contribution in [3.05, 3.63) is 65.2 Å². The molecule has 0 aromatic heterocycles. The zero-order chi connectivity index (χ0) is 20.4. The van der Waals surface area contributed by atoms with E-state index in [2.05, 4.69) is 17.9 Å². The van der Waals surface area contributed by atoms with Crippen LogP contribution in [0, 0.1) is 29.1 Å². The minimum Gasteiger partial charge on any atom is -0.495 e. The molecular weight excluding hydrogens is 364 g/mol. The first-order valence-corrected chi connectivity index (χ1v) is 9.75. The van der Waals surface area contributed by atoms with E-state index in [0.29, 0.717) is 0 Å². The first-order chi connectivity index (χ1) is 14.2. The number of likely N-dealkylation sites (tertiary alicyclic amines) is 1. The lowest BCUT2D eigenvalue weighted by Crippen LogP contribution is -2.65. The second-order valence-electron chi connectivity index (χ2n) is 7.44. The number of amides is 1. The van der Waals surface area contributed by atoms with Crippen LogP contribution < -0.4 is 4.74 Å². The predicted molar refractivity (Wildman–Crippen MR) is 108 cm³/mol. The van der Waals surface area contributed by atoms with E-state index in [1.54, 1.807) is 12.0 Å². The zero-order valence-electron chi connectivity index (χ0n) is 16.2. The SMILES string of the molecule is COc1ccccc1C#Cc1ccc([C@@H]2[C@@H](C#N)N(C(=O)C3CC3)[C@H]2CO)cc1. The number of carbonyl (C=O) groups excluding carboxylic acids is 1. The highest BCUT2D eigenvalue weighted by Crippen LogP contribution is 2.44. The van der Waals surface area contributed by atoms with Crippen LogP contribution in [0.5, 0.6) is 5.75 Å². The third-order valence-corrected chi connectivity index (χ3v) is 5.66. The summed E-state index contributed by atoms with van der Waals surface area (Å²) in [6, 6.07) is 16.7. The zero-order valence-corrected chi connectivity index (χ0v) is 16.2. The van der Waals surface area contributed by atoms with Crippen LogP contribution >= 0.6 is 0 Å². The second-order valence-corrected chi connectivity index (χ2v) is 7.44. The molecule has 2 aromatic carbocycles. The smallest absolute Gasteiger partial charge is 0.227 e. The van der Waals surface area contributed by atoms with Gasteiger partial charge in [-0.1, -0.05) is 36.1 Å². The van der Waals surface area contributed by atoms with Gasteiger partial charge in [-0.15, -0.1) is 0 Å². The van der Waals surface area contributed by atoms with Crippen LogP contribution in [0.3, 0.4) is 0 Å². The molecule has 4 rings (SSSR count). The number of benzene rings is 2. The number of aliphatic hydroxyl groups excluding tert-OH is 1. The van der Waals surface area contributed by atoms with Gasteiger partial charge in [-0.2, -0.15) is 5.26 Å². The number of hydrogen-bond acceptors (Lipinski definition) is 4. The van der Waals surface area contributed by atoms with Gasteiger partial charge in [0, 0.05) is 17.4 Å². The van der Waals surface area contributed by atoms with Crippen molar-refractivity contribution in [3.63, 3.8) is 0 Å². The maximum atomic E-state index is 12.5. The molecule has 2 aliphatic rings. The minimum absolute atomic E-state index is 0.00569. The Labute approximate surface area is 170 Å². The van der Waals surface area contributed by atoms with Crippen LogP contribution in [0.15, 0.2) is 48.5 Å². The summed E-state index contributed by atoms with van der Waals surface area (Å²) in [6.07, 6.45) is 1.77. The number of nitrogens with zero attached hydrogens (tertiary/aromatic N) is 2. The highest BCUT2D eigenvalue weighted by atomic mass is 16.5. The van der Waals surface area contributed by atoms with E-state index in [-0.39, 0.29) is 30.4 Å². The number of carbonyl (C=O) groups is 1. The molecule has 1 aliphatic heterocycles. The first-order valence-electron chi connectivity index (χ1n) is 9.75. The van der Waals surface area contributed by atoms with Crippen molar-refractivity contribution in [3.8, 4) is 23.7 Å². The van der Waals surface area contributed by atoms with Crippen LogP contribution in [-0.2, 0) is 4.79 Å². The number of nitriles is 1. The molecule has 1 saturated heterocycles. The molecule has 29 heavy (non-hydrogen) atoms. The van der Waals surface area contributed by atoms with E-state index in [4.69, 9.17) is 4.74 Å². The molecule has 3 atom stereocenters. The van der Waals surface area contributed by atoms with Gasteiger partial charge in [0.25, 0.3) is 0 Å². The van der Waals surface area contributed by atoms with Gasteiger partial charge in [-0.25, -0.2) is 0 Å². The quantitative estimate of drug-likeness (QED) is 0.820. The Morgan fingerprint density at radius 3 is 2.52 bits per heavy atom. The number of rotatable bonds is 4. The lowest BCUT2D eigenvalue weighted by molar-refractivity contribution is -0.148. The Kier molecular flexibility index (Phi) is 5.25. The Morgan fingerprint density at radius 2 is 1.90 bits per heavy atom. The van der Waals surface area contributed by atoms with Gasteiger partial charge in [0.15, 0.2) is 0 Å². The minimum atomic E-state index is -0.522. The van der Waals surface area contributed by atoms with Crippen molar-refractivity contribution in [2.75, 3.05) is 13.7 Å². The summed E-state index contributed by atoms with van der Waals surface area (Å²) in [5, 5.41) is 19.4. The van der Waals surface area contributed by atoms with E-state index in [0.717, 1.165) is 35.3 Å². The van der Waals surface area contributed by atoms with Crippen LogP contribution in [0.1, 0.15) is 35.4 Å². The van der Waals surface area contributed by atoms with E-state index in [9.17, 15) is 15.2 Å². The Morgan fingerprint density at radius 1 is 1.17 bits per heavy atom. The fourth-order valence-corrected chi connectivity index (χ4v) is 3.93. The summed E-state index contributed by atoms with van der Waals surface area (Å²) < 4.78 is 5.32. The lowest BCUT2D eigenvalue weighted by atomic mass is 9.75. The van der Waals surface area contributed by atoms with Crippen molar-refractivity contribution in [1.29, 1.82) is 5.26 Å². The van der Waals surface area contributed by atoms with Gasteiger partial charge in [-0.3, -0.25) is 4.79 Å². The molecule has 1 amide bonds. The van der Waals surface area contributed by atoms with Gasteiger partial charge in [0.1, 0.15) is 11.8 Å². The molecule has 5 heteroatoms. The number of aliphatic hydroxyl groups is 1. The van der Waals surface area contributed by atoms with Gasteiger partial charge >= 0.3 is 0 Å². The summed E-state index contributed by atoms with van der Waals surface area (Å²) in [6.45, 7) is -0.142. The highest BCUT2D eigenvalue weighted by Gasteiger charge is 2.53. The number of methoxy groups -OCH3 is 1. The standard InChI is InChI=1S/C24H22N2O3/c1-29-22-5-3-2-4-17(22)9-6-16-7-10-18(11-8-16)23-20(14-25)26(21(23)15-27)24(28)19-12-13-19/h2-5,7-8,10-11,19-21,23,27H,12-13,15H2,1H3/t20-,21+,23-/m1/s1. The molecule has 0 radical (unpaired) electrons. The first kappa shape index (κ1) is 19.1. The average Bonchev–Trinajstić information content (AvgIpc) is 3.58. The molecule has 1 aliphatic carbocycles. The van der Waals surface area contributed by atoms with Gasteiger partial charge in [0.2, 0.25) is 5.91 Å². The lowest BCUT2D eigenvalue weighted by Gasteiger charge is -2.51. The molecule has 1 saturated carbocycles. The molecule has 1 N–H and O–H groups in total. The number of para-hydroxylation sites is 1. The second kappa shape index (κ2) is 7.99. The van der Waals surface area contributed by atoms with Crippen LogP contribution in [0.2, 0.25) is 0 Å². The molecule has 2 fully saturated rings. The van der Waals surface area contributed by atoms with Crippen molar-refractivity contribution < 1.29 is 14.6 Å². The Balaban J connectivity index is 1.53. The largest absolute Gasteiger partial charge is 0.495 e. The summed E-state index contributed by atoms with van der Waals surface area (Å²) in [5.41, 5.74) is 2.61. The highest BCUT2D eigenvalue weighted by molar-refractivity contribution is 5.83. The molecule has 0 spiro atoms. The topological polar surface area (TPSA) is 73.6 Å². The summed E-state index contributed by atoms with van der Waals surface area (Å²) in [4.78, 5) is 14.0. The molecule has 0 unspecified atom stereocenters. The van der Waals surface area contributed by atoms with Gasteiger partial charge in [-0.05, 0) is 42.7 Å². The predicted octanol–water partition coefficient (Wildman–Crippen LogP) is 2.68. The fourth-order valence-electron chi connectivity index (χ4n) is 3.93. The summed E-state index contributed by atoms with van der Waals surface area (Å²) >= 11 is 0. The maximum absolute atomic E-state index is 12.5. The van der Waals surface area contributed by atoms with Crippen LogP contribution in [-0.4, -0.2) is 41.7 Å². The normalized spacial score (nSPS) is 22.7. The molecule has 0 bridgehead atoms. The fraction of sp³-hybridized carbons (Fsp3) is 0.333. The average molecular weight is 386 g/mol. The van der Waals surface area contributed by atoms with Crippen molar-refractivity contribution in [2.45, 2.75) is 30.8 Å². The summed E-state index contributed by atoms with van der Waals surface area (Å²) in [7, 11) is 1.62. The van der Waals surface area contributed by atoms with Gasteiger partial charge in [0.05, 0.1) is 31.4 Å². The van der Waals surface area contributed by atoms with Crippen LogP contribution in [0.25, 0.3) is 0 Å². The molecule has 146 valence electrons. The number of ether oxygens (including phenoxy) is 1. The molecule has 1 heterocycles. The Bertz CT molecular complexity index is 1010. The van der Waals surface area contributed by atoms with Crippen molar-refractivity contribution >= 4 is 5.91 Å². The van der Waals surface area contributed by atoms with E-state index >= 15 is 0 Å². The van der Waals surface area contributed by atoms with E-state index in [1.807, 2.05) is 48.5 Å². The third kappa shape index (κ3) is 3.58. The van der Waals surface area contributed by atoms with Crippen molar-refractivity contribution in [2.24, 2.45) is 5.92 Å². The van der Waals surface area contributed by atoms with Crippen LogP contribution in [0.4, 0.5) is 0 Å². The van der Waals surface area contributed by atoms with E-state index in [1.165, 1.54) is 0 Å². The molecule has 2 aromatic rings. The molecule has 5 nitrogen and oxygen atoms in total. The maximum Gasteiger partial charge on any atom is 0.227 e. The van der Waals surface area contributed by atoms with Crippen molar-refractivity contribution in [1.82, 2.24) is 4.90 Å². The summed E-state index contributed by atoms with van der Waals surface area (Å²) in [5.74, 6) is 6.84. The Hall–Kier alpha value is -3.28. The number of hydrogen-bond donors (Lipinski definition) is 1. The monoisotopic (exact) mass is 386 g/mol. The van der Waals surface area contributed by atoms with E-state index < -0.39 is 6.04 Å².